The molecule has 0 spiro atoms. The number of halogens is 1. The molecule has 1 fully saturated rings. The van der Waals surface area contributed by atoms with E-state index in [9.17, 15) is 5.11 Å². The second-order valence-electron chi connectivity index (χ2n) is 21.5. The van der Waals surface area contributed by atoms with Gasteiger partial charge in [-0.2, -0.15) is 0 Å². The zero-order valence-corrected chi connectivity index (χ0v) is 48.1. The number of hydrogen-bond donors (Lipinski definition) is 1. The zero-order valence-electron chi connectivity index (χ0n) is 48.1. The highest BCUT2D eigenvalue weighted by molar-refractivity contribution is 5.88. The summed E-state index contributed by atoms with van der Waals surface area (Å²) in [5.41, 5.74) is 12.4. The lowest BCUT2D eigenvalue weighted by atomic mass is 9.78. The molecule has 65 heavy (non-hydrogen) atoms. The van der Waals surface area contributed by atoms with E-state index in [2.05, 4.69) is 150 Å². The van der Waals surface area contributed by atoms with Crippen molar-refractivity contribution in [2.24, 2.45) is 28.6 Å². The van der Waals surface area contributed by atoms with Crippen molar-refractivity contribution in [2.75, 3.05) is 6.61 Å². The molecule has 378 valence electrons. The maximum absolute atomic E-state index is 15.9. The van der Waals surface area contributed by atoms with Crippen LogP contribution in [0.15, 0.2) is 59.4 Å². The van der Waals surface area contributed by atoms with Crippen molar-refractivity contribution in [1.29, 1.82) is 0 Å². The highest BCUT2D eigenvalue weighted by Gasteiger charge is 2.41. The number of ether oxygens (including phenoxy) is 1. The summed E-state index contributed by atoms with van der Waals surface area (Å²) in [4.78, 5) is 0. The molecule has 0 saturated heterocycles. The van der Waals surface area contributed by atoms with Crippen LogP contribution in [-0.4, -0.2) is 17.3 Å². The van der Waals surface area contributed by atoms with E-state index in [1.807, 2.05) is 41.5 Å². The third-order valence-electron chi connectivity index (χ3n) is 14.4. The summed E-state index contributed by atoms with van der Waals surface area (Å²) in [6.45, 7) is 64.4. The smallest absolute Gasteiger partial charge is 0.134 e. The van der Waals surface area contributed by atoms with Crippen LogP contribution in [-0.2, 0) is 17.6 Å². The van der Waals surface area contributed by atoms with Gasteiger partial charge in [0.2, 0.25) is 0 Å². The van der Waals surface area contributed by atoms with Crippen LogP contribution >= 0.6 is 0 Å². The highest BCUT2D eigenvalue weighted by Crippen LogP contribution is 2.49. The van der Waals surface area contributed by atoms with Crippen molar-refractivity contribution in [1.82, 2.24) is 0 Å². The van der Waals surface area contributed by atoms with Crippen LogP contribution in [0.25, 0.3) is 11.1 Å². The molecule has 0 bridgehead atoms. The molecule has 0 amide bonds. The first-order chi connectivity index (χ1) is 29.9. The van der Waals surface area contributed by atoms with Gasteiger partial charge in [0.15, 0.2) is 0 Å². The lowest BCUT2D eigenvalue weighted by Gasteiger charge is -2.32. The second kappa shape index (κ2) is 32.9. The van der Waals surface area contributed by atoms with Gasteiger partial charge in [-0.05, 0) is 182 Å². The summed E-state index contributed by atoms with van der Waals surface area (Å²) in [5, 5.41) is 9.79. The van der Waals surface area contributed by atoms with Crippen molar-refractivity contribution in [3.63, 3.8) is 0 Å². The average molecular weight is 908 g/mol. The fourth-order valence-electron chi connectivity index (χ4n) is 7.46. The van der Waals surface area contributed by atoms with Gasteiger partial charge in [0, 0.05) is 11.0 Å². The maximum Gasteiger partial charge on any atom is 0.134 e. The van der Waals surface area contributed by atoms with Crippen LogP contribution in [0.1, 0.15) is 258 Å². The number of hydrogen-bond acceptors (Lipinski definition) is 2. The number of allylic oxidation sites excluding steroid dienone is 9. The van der Waals surface area contributed by atoms with Crippen molar-refractivity contribution in [2.45, 2.75) is 255 Å². The monoisotopic (exact) mass is 907 g/mol. The Hall–Kier alpha value is -2.65. The molecule has 3 atom stereocenters. The quantitative estimate of drug-likeness (QED) is 0.0984. The molecule has 1 saturated carbocycles. The number of aliphatic hydroxyl groups is 1. The van der Waals surface area contributed by atoms with E-state index in [0.29, 0.717) is 16.5 Å². The SMILES string of the molecule is C=C(C)OCC1(CC)CC1.C=C(C)c1c(C)c(F)c(C(=C)/C(C(C)=C(C)C)=C(C)\C(C)=C/C)c(CC)c1CC.CCC(C)(C)CC(C)(O)CC.CCC(C)C.CCC(C)CCC(C)CC. The molecule has 1 aliphatic rings. The molecule has 3 unspecified atom stereocenters. The molecule has 1 aromatic rings. The van der Waals surface area contributed by atoms with Gasteiger partial charge < -0.3 is 9.84 Å². The van der Waals surface area contributed by atoms with E-state index in [0.717, 1.165) is 101 Å². The van der Waals surface area contributed by atoms with Crippen molar-refractivity contribution in [3.8, 4) is 0 Å². The van der Waals surface area contributed by atoms with Crippen LogP contribution < -0.4 is 0 Å². The van der Waals surface area contributed by atoms with Gasteiger partial charge in [-0.15, -0.1) is 0 Å². The van der Waals surface area contributed by atoms with Gasteiger partial charge in [-0.25, -0.2) is 4.39 Å². The molecule has 1 aliphatic carbocycles. The highest BCUT2D eigenvalue weighted by atomic mass is 19.1. The predicted molar refractivity (Wildman–Crippen MR) is 295 cm³/mol. The Morgan fingerprint density at radius 3 is 1.48 bits per heavy atom. The Kier molecular flexibility index (Phi) is 33.8. The minimum absolute atomic E-state index is 0.160. The Labute approximate surface area is 407 Å². The molecular weight excluding hydrogens is 796 g/mol. The normalized spacial score (nSPS) is 15.1. The van der Waals surface area contributed by atoms with Gasteiger partial charge in [0.1, 0.15) is 5.82 Å². The van der Waals surface area contributed by atoms with Crippen molar-refractivity contribution in [3.05, 3.63) is 93.1 Å². The first-order valence-electron chi connectivity index (χ1n) is 26.1. The first kappa shape index (κ1) is 66.6. The van der Waals surface area contributed by atoms with Crippen LogP contribution in [0.2, 0.25) is 0 Å². The van der Waals surface area contributed by atoms with Crippen molar-refractivity contribution < 1.29 is 14.2 Å². The summed E-state index contributed by atoms with van der Waals surface area (Å²) >= 11 is 0. The van der Waals surface area contributed by atoms with Gasteiger partial charge in [-0.1, -0.05) is 178 Å². The number of rotatable bonds is 21. The minimum atomic E-state index is -0.473. The zero-order chi connectivity index (χ0) is 51.6. The van der Waals surface area contributed by atoms with E-state index in [-0.39, 0.29) is 11.2 Å². The average Bonchev–Trinajstić information content (AvgIpc) is 4.05. The molecular formula is C62H111FO2. The Balaban J connectivity index is -0.000000870. The predicted octanol–water partition coefficient (Wildman–Crippen LogP) is 20.6. The van der Waals surface area contributed by atoms with Gasteiger partial charge >= 0.3 is 0 Å². The molecule has 1 N–H and O–H groups in total. The Bertz CT molecular complexity index is 1640. The Morgan fingerprint density at radius 2 is 1.18 bits per heavy atom. The van der Waals surface area contributed by atoms with E-state index in [1.165, 1.54) is 68.1 Å². The van der Waals surface area contributed by atoms with Crippen LogP contribution in [0.4, 0.5) is 4.39 Å². The molecule has 0 aromatic heterocycles. The first-order valence-corrected chi connectivity index (χ1v) is 26.1. The largest absolute Gasteiger partial charge is 0.498 e. The third-order valence-corrected chi connectivity index (χ3v) is 14.4. The summed E-state index contributed by atoms with van der Waals surface area (Å²) < 4.78 is 21.2. The van der Waals surface area contributed by atoms with Crippen LogP contribution in [0, 0.1) is 41.3 Å². The molecule has 0 heterocycles. The maximum atomic E-state index is 15.9. The Morgan fingerprint density at radius 1 is 0.738 bits per heavy atom. The lowest BCUT2D eigenvalue weighted by molar-refractivity contribution is 0.0102. The van der Waals surface area contributed by atoms with E-state index in [1.54, 1.807) is 0 Å². The van der Waals surface area contributed by atoms with E-state index >= 15 is 4.39 Å². The van der Waals surface area contributed by atoms with Crippen LogP contribution in [0.5, 0.6) is 0 Å². The standard InChI is InChI=1S/C28H39F.C10H22O.C10H22.C9H16O.C5H12/c1-13-18(8)20(10)26(19(9)16(4)5)21(11)27-24(15-3)23(14-2)25(17(6)7)22(12)28(27)29;1-6-9(3,4)8-10(5,11)7-2;1-5-9(3)7-8-10(4)6-2;1-4-9(5-6-9)7-10-8(2)3;1-4-5(2)3/h13H,6,11,14-15H2,1-5,7-10,12H3;11H,6-8H2,1-5H3;9-10H,5-8H2,1-4H3;2,4-7H2,1,3H3;5H,4H2,1-3H3/b18-13-,26-20-;;;;. The second-order valence-corrected chi connectivity index (χ2v) is 21.5. The van der Waals surface area contributed by atoms with E-state index < -0.39 is 5.60 Å². The fourth-order valence-corrected chi connectivity index (χ4v) is 7.46. The molecule has 1 aromatic carbocycles. The molecule has 2 nitrogen and oxygen atoms in total. The van der Waals surface area contributed by atoms with Gasteiger partial charge in [-0.3, -0.25) is 0 Å². The summed E-state index contributed by atoms with van der Waals surface area (Å²) in [7, 11) is 0. The molecule has 3 heteroatoms. The molecule has 0 radical (unpaired) electrons. The lowest BCUT2D eigenvalue weighted by Crippen LogP contribution is -2.30. The van der Waals surface area contributed by atoms with Gasteiger partial charge in [0.05, 0.1) is 18.0 Å². The summed E-state index contributed by atoms with van der Waals surface area (Å²) in [6.07, 6.45) is 17.4. The summed E-state index contributed by atoms with van der Waals surface area (Å²) in [5.74, 6) is 3.45. The van der Waals surface area contributed by atoms with E-state index in [4.69, 9.17) is 4.74 Å². The van der Waals surface area contributed by atoms with Crippen LogP contribution in [0.3, 0.4) is 0 Å². The third kappa shape index (κ3) is 25.3. The fraction of sp³-hybridized carbons (Fsp3) is 0.710. The molecule has 0 aliphatic heterocycles. The van der Waals surface area contributed by atoms with Gasteiger partial charge in [0.25, 0.3) is 0 Å². The van der Waals surface area contributed by atoms with Crippen molar-refractivity contribution >= 4 is 11.1 Å². The minimum Gasteiger partial charge on any atom is -0.498 e. The summed E-state index contributed by atoms with van der Waals surface area (Å²) in [6, 6.07) is 0. The molecule has 2 rings (SSSR count). The number of benzene rings is 1. The topological polar surface area (TPSA) is 29.5 Å².